The Morgan fingerprint density at radius 1 is 1.31 bits per heavy atom. The van der Waals surface area contributed by atoms with Gasteiger partial charge in [0.25, 0.3) is 0 Å². The number of ether oxygens (including phenoxy) is 2. The van der Waals surface area contributed by atoms with Gasteiger partial charge in [-0.15, -0.1) is 0 Å². The molecule has 0 bridgehead atoms. The van der Waals surface area contributed by atoms with Crippen molar-refractivity contribution in [2.45, 2.75) is 38.6 Å². The van der Waals surface area contributed by atoms with Crippen LogP contribution in [-0.4, -0.2) is 32.6 Å². The van der Waals surface area contributed by atoms with E-state index >= 15 is 0 Å². The summed E-state index contributed by atoms with van der Waals surface area (Å²) in [5.74, 6) is 0. The van der Waals surface area contributed by atoms with Crippen molar-refractivity contribution in [3.63, 3.8) is 0 Å². The molecule has 0 fully saturated rings. The van der Waals surface area contributed by atoms with Gasteiger partial charge in [0, 0.05) is 20.3 Å². The van der Waals surface area contributed by atoms with Gasteiger partial charge in [0.2, 0.25) is 0 Å². The van der Waals surface area contributed by atoms with E-state index in [0.717, 1.165) is 6.42 Å². The molecule has 3 nitrogen and oxygen atoms in total. The third-order valence-electron chi connectivity index (χ3n) is 2.54. The monoisotopic (exact) mass is 243 g/mol. The predicted octanol–water partition coefficient (Wildman–Crippen LogP) is 2.28. The van der Waals surface area contributed by atoms with Crippen LogP contribution in [0.15, 0.2) is 16.8 Å². The molecule has 0 aromatic carbocycles. The van der Waals surface area contributed by atoms with Crippen LogP contribution in [0.5, 0.6) is 0 Å². The minimum atomic E-state index is -0.190. The predicted molar refractivity (Wildman–Crippen MR) is 67.9 cm³/mol. The van der Waals surface area contributed by atoms with Gasteiger partial charge in [0.15, 0.2) is 6.29 Å². The molecule has 1 rings (SSSR count). The van der Waals surface area contributed by atoms with Crippen molar-refractivity contribution in [2.24, 2.45) is 0 Å². The highest BCUT2D eigenvalue weighted by atomic mass is 32.1. The van der Waals surface area contributed by atoms with Crippen LogP contribution in [0.25, 0.3) is 0 Å². The second-order valence-corrected chi connectivity index (χ2v) is 4.81. The van der Waals surface area contributed by atoms with Crippen LogP contribution in [0.3, 0.4) is 0 Å². The summed E-state index contributed by atoms with van der Waals surface area (Å²) in [6, 6.07) is 2.76. The molecule has 0 saturated carbocycles. The SMILES string of the molecule is COC(OC)C(C)NC(C)Cc1ccsc1. The minimum Gasteiger partial charge on any atom is -0.354 e. The van der Waals surface area contributed by atoms with Gasteiger partial charge in [0.05, 0.1) is 6.04 Å². The van der Waals surface area contributed by atoms with Crippen molar-refractivity contribution in [1.82, 2.24) is 5.32 Å². The van der Waals surface area contributed by atoms with E-state index in [2.05, 4.69) is 36.0 Å². The van der Waals surface area contributed by atoms with Gasteiger partial charge in [-0.1, -0.05) is 0 Å². The molecule has 0 aliphatic heterocycles. The zero-order chi connectivity index (χ0) is 12.0. The lowest BCUT2D eigenvalue weighted by molar-refractivity contribution is -0.120. The highest BCUT2D eigenvalue weighted by Crippen LogP contribution is 2.09. The zero-order valence-electron chi connectivity index (χ0n) is 10.4. The molecule has 0 aliphatic rings. The number of nitrogens with one attached hydrogen (secondary N) is 1. The van der Waals surface area contributed by atoms with Gasteiger partial charge < -0.3 is 14.8 Å². The highest BCUT2D eigenvalue weighted by Gasteiger charge is 2.17. The summed E-state index contributed by atoms with van der Waals surface area (Å²) in [6.07, 6.45) is 0.846. The molecular weight excluding hydrogens is 222 g/mol. The molecule has 1 N–H and O–H groups in total. The fourth-order valence-corrected chi connectivity index (χ4v) is 2.53. The fraction of sp³-hybridized carbons (Fsp3) is 0.667. The van der Waals surface area contributed by atoms with E-state index in [9.17, 15) is 0 Å². The van der Waals surface area contributed by atoms with Crippen LogP contribution >= 0.6 is 11.3 Å². The molecule has 1 aromatic rings. The quantitative estimate of drug-likeness (QED) is 0.745. The van der Waals surface area contributed by atoms with Crippen LogP contribution < -0.4 is 5.32 Å². The van der Waals surface area contributed by atoms with Crippen molar-refractivity contribution in [2.75, 3.05) is 14.2 Å². The Morgan fingerprint density at radius 3 is 2.50 bits per heavy atom. The van der Waals surface area contributed by atoms with Gasteiger partial charge in [0.1, 0.15) is 0 Å². The molecule has 0 amide bonds. The standard InChI is InChI=1S/C12H21NO2S/c1-9(7-11-5-6-16-8-11)13-10(2)12(14-3)15-4/h5-6,8-10,12-13H,7H2,1-4H3. The Bertz CT molecular complexity index is 273. The lowest BCUT2D eigenvalue weighted by atomic mass is 10.1. The van der Waals surface area contributed by atoms with E-state index in [0.29, 0.717) is 6.04 Å². The van der Waals surface area contributed by atoms with Crippen LogP contribution in [0.4, 0.5) is 0 Å². The normalized spacial score (nSPS) is 15.3. The number of hydrogen-bond acceptors (Lipinski definition) is 4. The van der Waals surface area contributed by atoms with Crippen LogP contribution in [-0.2, 0) is 15.9 Å². The maximum atomic E-state index is 5.21. The molecule has 92 valence electrons. The van der Waals surface area contributed by atoms with Gasteiger partial charge >= 0.3 is 0 Å². The van der Waals surface area contributed by atoms with Crippen molar-refractivity contribution >= 4 is 11.3 Å². The molecule has 1 heterocycles. The Morgan fingerprint density at radius 2 is 2.00 bits per heavy atom. The van der Waals surface area contributed by atoms with Gasteiger partial charge in [-0.2, -0.15) is 11.3 Å². The summed E-state index contributed by atoms with van der Waals surface area (Å²) in [5, 5.41) is 7.77. The molecule has 2 unspecified atom stereocenters. The average molecular weight is 243 g/mol. The second kappa shape index (κ2) is 7.01. The Labute approximate surface area is 102 Å². The maximum Gasteiger partial charge on any atom is 0.171 e. The minimum absolute atomic E-state index is 0.184. The number of rotatable bonds is 7. The molecule has 0 saturated heterocycles. The number of thiophene rings is 1. The first kappa shape index (κ1) is 13.6. The van der Waals surface area contributed by atoms with Gasteiger partial charge in [-0.3, -0.25) is 0 Å². The van der Waals surface area contributed by atoms with Gasteiger partial charge in [-0.05, 0) is 42.7 Å². The molecular formula is C12H21NO2S. The lowest BCUT2D eigenvalue weighted by Gasteiger charge is -2.25. The topological polar surface area (TPSA) is 30.5 Å². The zero-order valence-corrected chi connectivity index (χ0v) is 11.2. The maximum absolute atomic E-state index is 5.21. The summed E-state index contributed by atoms with van der Waals surface area (Å²) in [4.78, 5) is 0. The van der Waals surface area contributed by atoms with E-state index in [1.165, 1.54) is 5.56 Å². The van der Waals surface area contributed by atoms with E-state index in [1.807, 2.05) is 0 Å². The van der Waals surface area contributed by atoms with Crippen molar-refractivity contribution in [1.29, 1.82) is 0 Å². The first-order chi connectivity index (χ1) is 7.67. The van der Waals surface area contributed by atoms with E-state index in [4.69, 9.17) is 9.47 Å². The van der Waals surface area contributed by atoms with Crippen LogP contribution in [0.2, 0.25) is 0 Å². The third-order valence-corrected chi connectivity index (χ3v) is 3.27. The van der Waals surface area contributed by atoms with Crippen LogP contribution in [0, 0.1) is 0 Å². The summed E-state index contributed by atoms with van der Waals surface area (Å²) >= 11 is 1.74. The Hall–Kier alpha value is -0.420. The average Bonchev–Trinajstić information content (AvgIpc) is 2.71. The number of hydrogen-bond donors (Lipinski definition) is 1. The number of methoxy groups -OCH3 is 2. The highest BCUT2D eigenvalue weighted by molar-refractivity contribution is 7.07. The molecule has 0 spiro atoms. The first-order valence-electron chi connectivity index (χ1n) is 5.50. The van der Waals surface area contributed by atoms with E-state index in [-0.39, 0.29) is 12.3 Å². The van der Waals surface area contributed by atoms with E-state index in [1.54, 1.807) is 25.6 Å². The molecule has 16 heavy (non-hydrogen) atoms. The van der Waals surface area contributed by atoms with Crippen LogP contribution in [0.1, 0.15) is 19.4 Å². The summed E-state index contributed by atoms with van der Waals surface area (Å²) in [7, 11) is 3.33. The van der Waals surface area contributed by atoms with Crippen molar-refractivity contribution in [3.8, 4) is 0 Å². The first-order valence-corrected chi connectivity index (χ1v) is 6.44. The van der Waals surface area contributed by atoms with Crippen molar-refractivity contribution < 1.29 is 9.47 Å². The molecule has 4 heteroatoms. The molecule has 0 radical (unpaired) electrons. The lowest BCUT2D eigenvalue weighted by Crippen LogP contribution is -2.44. The van der Waals surface area contributed by atoms with E-state index < -0.39 is 0 Å². The molecule has 2 atom stereocenters. The van der Waals surface area contributed by atoms with Gasteiger partial charge in [-0.25, -0.2) is 0 Å². The molecule has 0 aliphatic carbocycles. The van der Waals surface area contributed by atoms with Crippen molar-refractivity contribution in [3.05, 3.63) is 22.4 Å². The smallest absolute Gasteiger partial charge is 0.171 e. The summed E-state index contributed by atoms with van der Waals surface area (Å²) < 4.78 is 10.4. The third kappa shape index (κ3) is 4.22. The second-order valence-electron chi connectivity index (χ2n) is 4.03. The fourth-order valence-electron chi connectivity index (χ4n) is 1.85. The summed E-state index contributed by atoms with van der Waals surface area (Å²) in [5.41, 5.74) is 1.38. The molecule has 1 aromatic heterocycles. The largest absolute Gasteiger partial charge is 0.354 e. The summed E-state index contributed by atoms with van der Waals surface area (Å²) in [6.45, 7) is 4.25. The Balaban J connectivity index is 2.35. The Kier molecular flexibility index (Phi) is 5.98.